The van der Waals surface area contributed by atoms with Crippen molar-refractivity contribution in [3.8, 4) is 0 Å². The van der Waals surface area contributed by atoms with Gasteiger partial charge in [0.25, 0.3) is 0 Å². The van der Waals surface area contributed by atoms with Crippen LogP contribution in [0, 0.1) is 5.92 Å². The molecule has 0 aromatic rings. The fourth-order valence-corrected chi connectivity index (χ4v) is 1.30. The van der Waals surface area contributed by atoms with Crippen molar-refractivity contribution in [2.45, 2.75) is 20.0 Å². The lowest BCUT2D eigenvalue weighted by Gasteiger charge is -2.20. The minimum Gasteiger partial charge on any atom is -0.388 e. The minimum absolute atomic E-state index is 0.347. The molecular weight excluding hydrogens is 140 g/mol. The van der Waals surface area contributed by atoms with Gasteiger partial charge in [-0.15, -0.1) is 0 Å². The highest BCUT2D eigenvalue weighted by molar-refractivity contribution is 5.61. The predicted molar refractivity (Wildman–Crippen MR) is 43.1 cm³/mol. The number of hydrogen-bond acceptors (Lipinski definition) is 2. The Bertz CT molecular complexity index is 226. The van der Waals surface area contributed by atoms with E-state index in [1.165, 1.54) is 0 Å². The second-order valence-electron chi connectivity index (χ2n) is 2.96. The molecule has 2 heteroatoms. The largest absolute Gasteiger partial charge is 0.388 e. The van der Waals surface area contributed by atoms with Crippen molar-refractivity contribution in [2.75, 3.05) is 0 Å². The summed E-state index contributed by atoms with van der Waals surface area (Å²) in [6.07, 6.45) is 3.84. The molecule has 11 heavy (non-hydrogen) atoms. The second kappa shape index (κ2) is 3.01. The maximum absolute atomic E-state index is 10.4. The Morgan fingerprint density at radius 1 is 1.55 bits per heavy atom. The molecule has 0 bridgehead atoms. The fraction of sp³-hybridized carbons (Fsp3) is 0.444. The van der Waals surface area contributed by atoms with Crippen molar-refractivity contribution >= 4 is 6.29 Å². The number of carbonyl (C=O) groups is 1. The van der Waals surface area contributed by atoms with Crippen LogP contribution in [-0.4, -0.2) is 17.5 Å². The molecule has 0 radical (unpaired) electrons. The molecule has 2 unspecified atom stereocenters. The third-order valence-electron chi connectivity index (χ3n) is 1.90. The Balaban J connectivity index is 2.90. The number of aliphatic hydroxyl groups excluding tert-OH is 1. The zero-order valence-corrected chi connectivity index (χ0v) is 6.74. The summed E-state index contributed by atoms with van der Waals surface area (Å²) < 4.78 is 0. The number of allylic oxidation sites excluding steroid dienone is 2. The van der Waals surface area contributed by atoms with Gasteiger partial charge in [-0.1, -0.05) is 17.7 Å². The van der Waals surface area contributed by atoms with Crippen LogP contribution >= 0.6 is 0 Å². The van der Waals surface area contributed by atoms with Crippen molar-refractivity contribution in [2.24, 2.45) is 5.92 Å². The van der Waals surface area contributed by atoms with Gasteiger partial charge in [0.05, 0.1) is 12.0 Å². The molecule has 0 amide bonds. The topological polar surface area (TPSA) is 37.3 Å². The van der Waals surface area contributed by atoms with E-state index in [4.69, 9.17) is 0 Å². The molecule has 0 spiro atoms. The third-order valence-corrected chi connectivity index (χ3v) is 1.90. The summed E-state index contributed by atoms with van der Waals surface area (Å²) in [5.41, 5.74) is 1.91. The number of carbonyl (C=O) groups excluding carboxylic acids is 1. The first kappa shape index (κ1) is 8.21. The molecule has 0 aliphatic heterocycles. The van der Waals surface area contributed by atoms with E-state index in [0.29, 0.717) is 0 Å². The van der Waals surface area contributed by atoms with E-state index in [0.717, 1.165) is 17.4 Å². The van der Waals surface area contributed by atoms with Gasteiger partial charge in [0.2, 0.25) is 0 Å². The number of aldehydes is 1. The zero-order chi connectivity index (χ0) is 8.43. The molecule has 1 N–H and O–H groups in total. The molecule has 1 aliphatic rings. The fourth-order valence-electron chi connectivity index (χ4n) is 1.30. The summed E-state index contributed by atoms with van der Waals surface area (Å²) in [5.74, 6) is -0.347. The average molecular weight is 152 g/mol. The molecule has 1 aliphatic carbocycles. The summed E-state index contributed by atoms with van der Waals surface area (Å²) in [7, 11) is 0. The van der Waals surface area contributed by atoms with Gasteiger partial charge < -0.3 is 9.90 Å². The summed E-state index contributed by atoms with van der Waals surface area (Å²) in [6, 6.07) is 0. The Morgan fingerprint density at radius 2 is 2.18 bits per heavy atom. The zero-order valence-electron chi connectivity index (χ0n) is 6.74. The summed E-state index contributed by atoms with van der Waals surface area (Å²) >= 11 is 0. The highest BCUT2D eigenvalue weighted by Crippen LogP contribution is 2.20. The number of hydrogen-bond donors (Lipinski definition) is 1. The average Bonchev–Trinajstić information content (AvgIpc) is 1.96. The van der Waals surface area contributed by atoms with Gasteiger partial charge in [0.1, 0.15) is 6.29 Å². The van der Waals surface area contributed by atoms with E-state index in [2.05, 4.69) is 0 Å². The maximum atomic E-state index is 10.4. The van der Waals surface area contributed by atoms with E-state index in [-0.39, 0.29) is 5.92 Å². The second-order valence-corrected chi connectivity index (χ2v) is 2.96. The first-order valence-electron chi connectivity index (χ1n) is 3.65. The van der Waals surface area contributed by atoms with Crippen LogP contribution in [0.3, 0.4) is 0 Å². The number of rotatable bonds is 1. The minimum atomic E-state index is -0.615. The number of aliphatic hydroxyl groups is 1. The van der Waals surface area contributed by atoms with Gasteiger partial charge in [0, 0.05) is 0 Å². The monoisotopic (exact) mass is 152 g/mol. The normalized spacial score (nSPS) is 30.8. The smallest absolute Gasteiger partial charge is 0.129 e. The Kier molecular flexibility index (Phi) is 2.25. The van der Waals surface area contributed by atoms with Crippen LogP contribution in [0.2, 0.25) is 0 Å². The van der Waals surface area contributed by atoms with E-state index in [1.807, 2.05) is 19.9 Å². The predicted octanol–water partition coefficient (Wildman–Crippen LogP) is 1.07. The van der Waals surface area contributed by atoms with Crippen LogP contribution in [-0.2, 0) is 4.79 Å². The van der Waals surface area contributed by atoms with Crippen molar-refractivity contribution < 1.29 is 9.90 Å². The molecule has 1 rings (SSSR count). The van der Waals surface area contributed by atoms with E-state index < -0.39 is 6.10 Å². The Labute approximate surface area is 66.2 Å². The van der Waals surface area contributed by atoms with Crippen molar-refractivity contribution in [3.05, 3.63) is 23.3 Å². The molecule has 0 aromatic carbocycles. The molecule has 2 atom stereocenters. The molecule has 0 saturated carbocycles. The third kappa shape index (κ3) is 1.57. The standard InChI is InChI=1S/C9H12O2/c1-6-3-7(2)9(11)8(4-6)5-10/h3-5,8-9,11H,1-2H3. The lowest BCUT2D eigenvalue weighted by atomic mass is 9.90. The van der Waals surface area contributed by atoms with Gasteiger partial charge in [0.15, 0.2) is 0 Å². The van der Waals surface area contributed by atoms with E-state index >= 15 is 0 Å². The Hall–Kier alpha value is -0.890. The van der Waals surface area contributed by atoms with E-state index in [1.54, 1.807) is 6.08 Å². The van der Waals surface area contributed by atoms with Gasteiger partial charge in [-0.25, -0.2) is 0 Å². The van der Waals surface area contributed by atoms with Crippen molar-refractivity contribution in [1.29, 1.82) is 0 Å². The van der Waals surface area contributed by atoms with Crippen LogP contribution < -0.4 is 0 Å². The molecule has 0 aromatic heterocycles. The Morgan fingerprint density at radius 3 is 2.73 bits per heavy atom. The molecule has 0 fully saturated rings. The van der Waals surface area contributed by atoms with Gasteiger partial charge in [-0.05, 0) is 19.4 Å². The lowest BCUT2D eigenvalue weighted by molar-refractivity contribution is -0.111. The first-order chi connectivity index (χ1) is 5.15. The van der Waals surface area contributed by atoms with Crippen LogP contribution in [0.1, 0.15) is 13.8 Å². The first-order valence-corrected chi connectivity index (χ1v) is 3.65. The maximum Gasteiger partial charge on any atom is 0.129 e. The van der Waals surface area contributed by atoms with Crippen LogP contribution in [0.15, 0.2) is 23.3 Å². The molecule has 0 saturated heterocycles. The molecule has 2 nitrogen and oxygen atoms in total. The lowest BCUT2D eigenvalue weighted by Crippen LogP contribution is -2.23. The van der Waals surface area contributed by atoms with Crippen LogP contribution in [0.25, 0.3) is 0 Å². The summed E-state index contributed by atoms with van der Waals surface area (Å²) in [5, 5.41) is 9.41. The highest BCUT2D eigenvalue weighted by Gasteiger charge is 2.20. The van der Waals surface area contributed by atoms with Gasteiger partial charge in [-0.2, -0.15) is 0 Å². The van der Waals surface area contributed by atoms with Crippen molar-refractivity contribution in [3.63, 3.8) is 0 Å². The van der Waals surface area contributed by atoms with Gasteiger partial charge >= 0.3 is 0 Å². The molecule has 0 heterocycles. The molecular formula is C9H12O2. The van der Waals surface area contributed by atoms with E-state index in [9.17, 15) is 9.90 Å². The SMILES string of the molecule is CC1=CC(C=O)C(O)C(C)=C1. The quantitative estimate of drug-likeness (QED) is 0.570. The van der Waals surface area contributed by atoms with Crippen molar-refractivity contribution in [1.82, 2.24) is 0 Å². The molecule has 60 valence electrons. The highest BCUT2D eigenvalue weighted by atomic mass is 16.3. The van der Waals surface area contributed by atoms with Crippen LogP contribution in [0.5, 0.6) is 0 Å². The van der Waals surface area contributed by atoms with Gasteiger partial charge in [-0.3, -0.25) is 0 Å². The summed E-state index contributed by atoms with van der Waals surface area (Å²) in [6.45, 7) is 3.75. The van der Waals surface area contributed by atoms with Crippen LogP contribution in [0.4, 0.5) is 0 Å². The summed E-state index contributed by atoms with van der Waals surface area (Å²) in [4.78, 5) is 10.4.